The van der Waals surface area contributed by atoms with E-state index in [1.54, 1.807) is 0 Å². The van der Waals surface area contributed by atoms with E-state index >= 15 is 0 Å². The van der Waals surface area contributed by atoms with Crippen LogP contribution in [0.1, 0.15) is 24.5 Å². The minimum Gasteiger partial charge on any atom is -0.315 e. The van der Waals surface area contributed by atoms with Crippen molar-refractivity contribution in [2.24, 2.45) is 7.05 Å². The molecule has 1 atom stereocenters. The Labute approximate surface area is 82.4 Å². The van der Waals surface area contributed by atoms with E-state index in [2.05, 4.69) is 16.3 Å². The number of hydrogen-bond acceptors (Lipinski definition) is 2. The second kappa shape index (κ2) is 3.14. The van der Waals surface area contributed by atoms with Crippen LogP contribution in [0.2, 0.25) is 0 Å². The minimum atomic E-state index is 0.173. The zero-order valence-corrected chi connectivity index (χ0v) is 8.54. The molecule has 0 radical (unpaired) electrons. The van der Waals surface area contributed by atoms with Crippen molar-refractivity contribution in [3.8, 4) is 0 Å². The monoisotopic (exact) mass is 197 g/mol. The summed E-state index contributed by atoms with van der Waals surface area (Å²) in [7, 11) is 1.98. The summed E-state index contributed by atoms with van der Waals surface area (Å²) in [6.45, 7) is 1.95. The van der Waals surface area contributed by atoms with Gasteiger partial charge in [0.15, 0.2) is 5.82 Å². The van der Waals surface area contributed by atoms with E-state index in [-0.39, 0.29) is 5.38 Å². The SMILES string of the molecule is Cc1nnc(C2=CC(Cl)CC2)n1C. The Kier molecular flexibility index (Phi) is 2.12. The van der Waals surface area contributed by atoms with E-state index in [0.717, 1.165) is 24.5 Å². The molecule has 3 nitrogen and oxygen atoms in total. The van der Waals surface area contributed by atoms with Gasteiger partial charge in [-0.15, -0.1) is 21.8 Å². The fraction of sp³-hybridized carbons (Fsp3) is 0.556. The molecule has 4 heteroatoms. The Balaban J connectivity index is 2.36. The number of allylic oxidation sites excluding steroid dienone is 2. The Morgan fingerprint density at radius 2 is 2.31 bits per heavy atom. The lowest BCUT2D eigenvalue weighted by Gasteiger charge is -2.00. The first-order chi connectivity index (χ1) is 6.18. The summed E-state index contributed by atoms with van der Waals surface area (Å²) in [6, 6.07) is 0. The topological polar surface area (TPSA) is 30.7 Å². The van der Waals surface area contributed by atoms with Crippen LogP contribution < -0.4 is 0 Å². The highest BCUT2D eigenvalue weighted by Crippen LogP contribution is 2.29. The van der Waals surface area contributed by atoms with Gasteiger partial charge in [0.1, 0.15) is 5.82 Å². The number of rotatable bonds is 1. The van der Waals surface area contributed by atoms with Gasteiger partial charge in [-0.2, -0.15) is 0 Å². The average molecular weight is 198 g/mol. The molecule has 0 bridgehead atoms. The lowest BCUT2D eigenvalue weighted by atomic mass is 10.2. The maximum atomic E-state index is 5.98. The Morgan fingerprint density at radius 3 is 2.77 bits per heavy atom. The lowest BCUT2D eigenvalue weighted by molar-refractivity contribution is 0.836. The highest BCUT2D eigenvalue weighted by molar-refractivity contribution is 6.22. The summed E-state index contributed by atoms with van der Waals surface area (Å²) in [6.07, 6.45) is 4.11. The van der Waals surface area contributed by atoms with Crippen molar-refractivity contribution in [1.29, 1.82) is 0 Å². The standard InChI is InChI=1S/C9H12ClN3/c1-6-11-12-9(13(6)2)7-3-4-8(10)5-7/h5,8H,3-4H2,1-2H3. The molecule has 0 saturated heterocycles. The fourth-order valence-corrected chi connectivity index (χ4v) is 1.81. The normalized spacial score (nSPS) is 22.1. The number of aromatic nitrogens is 3. The highest BCUT2D eigenvalue weighted by Gasteiger charge is 2.18. The summed E-state index contributed by atoms with van der Waals surface area (Å²) < 4.78 is 2.00. The zero-order valence-electron chi connectivity index (χ0n) is 7.79. The number of hydrogen-bond donors (Lipinski definition) is 0. The molecular formula is C9H12ClN3. The predicted molar refractivity (Wildman–Crippen MR) is 52.6 cm³/mol. The van der Waals surface area contributed by atoms with Gasteiger partial charge in [-0.1, -0.05) is 6.08 Å². The fourth-order valence-electron chi connectivity index (χ4n) is 1.55. The molecule has 0 amide bonds. The molecule has 0 saturated carbocycles. The van der Waals surface area contributed by atoms with Crippen LogP contribution in [0, 0.1) is 6.92 Å². The maximum Gasteiger partial charge on any atom is 0.159 e. The van der Waals surface area contributed by atoms with Gasteiger partial charge >= 0.3 is 0 Å². The third kappa shape index (κ3) is 1.48. The molecule has 0 N–H and O–H groups in total. The third-order valence-corrected chi connectivity index (χ3v) is 2.80. The lowest BCUT2D eigenvalue weighted by Crippen LogP contribution is -1.97. The first kappa shape index (κ1) is 8.75. The molecule has 70 valence electrons. The Hall–Kier alpha value is -0.830. The van der Waals surface area contributed by atoms with Crippen molar-refractivity contribution in [3.05, 3.63) is 17.7 Å². The van der Waals surface area contributed by atoms with E-state index in [4.69, 9.17) is 11.6 Å². The zero-order chi connectivity index (χ0) is 9.42. The third-order valence-electron chi connectivity index (χ3n) is 2.45. The van der Waals surface area contributed by atoms with E-state index < -0.39 is 0 Å². The average Bonchev–Trinajstić information content (AvgIpc) is 2.62. The van der Waals surface area contributed by atoms with Crippen molar-refractivity contribution in [2.75, 3.05) is 0 Å². The summed E-state index contributed by atoms with van der Waals surface area (Å²) in [5, 5.41) is 8.31. The summed E-state index contributed by atoms with van der Waals surface area (Å²) in [5.41, 5.74) is 1.23. The van der Waals surface area contributed by atoms with Gasteiger partial charge in [0, 0.05) is 7.05 Å². The molecule has 13 heavy (non-hydrogen) atoms. The summed E-state index contributed by atoms with van der Waals surface area (Å²) >= 11 is 5.98. The van der Waals surface area contributed by atoms with E-state index in [0.29, 0.717) is 0 Å². The van der Waals surface area contributed by atoms with Crippen LogP contribution in [0.3, 0.4) is 0 Å². The Morgan fingerprint density at radius 1 is 1.54 bits per heavy atom. The van der Waals surface area contributed by atoms with E-state index in [1.807, 2.05) is 18.5 Å². The van der Waals surface area contributed by atoms with E-state index in [1.165, 1.54) is 5.57 Å². The van der Waals surface area contributed by atoms with Crippen molar-refractivity contribution in [1.82, 2.24) is 14.8 Å². The molecule has 0 aromatic carbocycles. The molecule has 1 aromatic heterocycles. The van der Waals surface area contributed by atoms with Crippen molar-refractivity contribution >= 4 is 17.2 Å². The van der Waals surface area contributed by atoms with Gasteiger partial charge in [0.25, 0.3) is 0 Å². The quantitative estimate of drug-likeness (QED) is 0.644. The molecule has 1 unspecified atom stereocenters. The van der Waals surface area contributed by atoms with Gasteiger partial charge in [-0.25, -0.2) is 0 Å². The van der Waals surface area contributed by atoms with Crippen molar-refractivity contribution in [2.45, 2.75) is 25.1 Å². The predicted octanol–water partition coefficient (Wildman–Crippen LogP) is 1.91. The second-order valence-corrected chi connectivity index (χ2v) is 3.94. The number of alkyl halides is 1. The van der Waals surface area contributed by atoms with E-state index in [9.17, 15) is 0 Å². The van der Waals surface area contributed by atoms with Crippen LogP contribution in [-0.2, 0) is 7.05 Å². The molecule has 0 aliphatic heterocycles. The first-order valence-corrected chi connectivity index (χ1v) is 4.83. The van der Waals surface area contributed by atoms with Crippen molar-refractivity contribution < 1.29 is 0 Å². The molecule has 0 spiro atoms. The smallest absolute Gasteiger partial charge is 0.159 e. The van der Waals surface area contributed by atoms with Crippen LogP contribution in [0.15, 0.2) is 6.08 Å². The molecule has 1 aliphatic carbocycles. The second-order valence-electron chi connectivity index (χ2n) is 3.38. The van der Waals surface area contributed by atoms with Gasteiger partial charge in [0.05, 0.1) is 5.38 Å². The van der Waals surface area contributed by atoms with Gasteiger partial charge in [-0.05, 0) is 25.3 Å². The molecule has 0 fully saturated rings. The molecule has 2 rings (SSSR count). The summed E-state index contributed by atoms with van der Waals surface area (Å²) in [4.78, 5) is 0. The largest absolute Gasteiger partial charge is 0.315 e. The minimum absolute atomic E-state index is 0.173. The van der Waals surface area contributed by atoms with Gasteiger partial charge in [-0.3, -0.25) is 0 Å². The number of nitrogens with zero attached hydrogens (tertiary/aromatic N) is 3. The molecule has 1 aromatic rings. The molecule has 1 heterocycles. The van der Waals surface area contributed by atoms with Crippen LogP contribution in [0.5, 0.6) is 0 Å². The van der Waals surface area contributed by atoms with Crippen LogP contribution in [0.4, 0.5) is 0 Å². The summed E-state index contributed by atoms with van der Waals surface area (Å²) in [5.74, 6) is 1.90. The van der Waals surface area contributed by atoms with Crippen LogP contribution >= 0.6 is 11.6 Å². The molecular weight excluding hydrogens is 186 g/mol. The van der Waals surface area contributed by atoms with Crippen LogP contribution in [-0.4, -0.2) is 20.1 Å². The number of aryl methyl sites for hydroxylation is 1. The first-order valence-electron chi connectivity index (χ1n) is 4.39. The van der Waals surface area contributed by atoms with Gasteiger partial charge in [0.2, 0.25) is 0 Å². The maximum absolute atomic E-state index is 5.98. The van der Waals surface area contributed by atoms with Crippen LogP contribution in [0.25, 0.3) is 5.57 Å². The van der Waals surface area contributed by atoms with Crippen molar-refractivity contribution in [3.63, 3.8) is 0 Å². The number of halogens is 1. The molecule has 1 aliphatic rings. The highest BCUT2D eigenvalue weighted by atomic mass is 35.5. The van der Waals surface area contributed by atoms with Gasteiger partial charge < -0.3 is 4.57 Å². The Bertz CT molecular complexity index is 354.